The van der Waals surface area contributed by atoms with Crippen molar-refractivity contribution < 1.29 is 14.3 Å². The summed E-state index contributed by atoms with van der Waals surface area (Å²) >= 11 is 1.49. The van der Waals surface area contributed by atoms with Crippen LogP contribution >= 0.6 is 11.3 Å². The number of aromatic nitrogens is 2. The number of nitrogens with zero attached hydrogens (tertiary/aromatic N) is 4. The Labute approximate surface area is 173 Å². The van der Waals surface area contributed by atoms with Crippen LogP contribution in [0.4, 0.5) is 11.5 Å². The van der Waals surface area contributed by atoms with Crippen LogP contribution in [-0.2, 0) is 16.1 Å². The van der Waals surface area contributed by atoms with Crippen LogP contribution in [0.1, 0.15) is 42.2 Å². The molecule has 9 heteroatoms. The summed E-state index contributed by atoms with van der Waals surface area (Å²) in [4.78, 5) is 37.8. The average Bonchev–Trinajstić information content (AvgIpc) is 3.27. The predicted molar refractivity (Wildman–Crippen MR) is 111 cm³/mol. The van der Waals surface area contributed by atoms with E-state index in [1.165, 1.54) is 11.3 Å². The van der Waals surface area contributed by atoms with Crippen LogP contribution in [0, 0.1) is 0 Å². The lowest BCUT2D eigenvalue weighted by molar-refractivity contribution is -0.117. The molecule has 2 aliphatic heterocycles. The van der Waals surface area contributed by atoms with Crippen molar-refractivity contribution in [2.24, 2.45) is 0 Å². The summed E-state index contributed by atoms with van der Waals surface area (Å²) in [6, 6.07) is 1.76. The molecule has 1 saturated heterocycles. The van der Waals surface area contributed by atoms with E-state index in [0.717, 1.165) is 31.6 Å². The molecule has 0 aliphatic carbocycles. The molecule has 2 aromatic rings. The molecule has 0 bridgehead atoms. The van der Waals surface area contributed by atoms with Gasteiger partial charge in [-0.15, -0.1) is 11.3 Å². The second kappa shape index (κ2) is 8.87. The maximum atomic E-state index is 13.1. The first kappa shape index (κ1) is 19.8. The lowest BCUT2D eigenvalue weighted by Crippen LogP contribution is -2.41. The first-order chi connectivity index (χ1) is 14.2. The number of carbonyl (C=O) groups is 2. The third kappa shape index (κ3) is 4.40. The summed E-state index contributed by atoms with van der Waals surface area (Å²) in [5.74, 6) is 0.443. The highest BCUT2D eigenvalue weighted by Gasteiger charge is 2.28. The van der Waals surface area contributed by atoms with Gasteiger partial charge >= 0.3 is 0 Å². The Morgan fingerprint density at radius 1 is 1.41 bits per heavy atom. The van der Waals surface area contributed by atoms with Gasteiger partial charge in [-0.05, 0) is 32.3 Å². The van der Waals surface area contributed by atoms with Gasteiger partial charge < -0.3 is 19.9 Å². The van der Waals surface area contributed by atoms with Gasteiger partial charge in [0.15, 0.2) is 5.82 Å². The van der Waals surface area contributed by atoms with Crippen molar-refractivity contribution in [1.82, 2.24) is 14.9 Å². The number of hydrogen-bond acceptors (Lipinski definition) is 7. The molecule has 0 aromatic carbocycles. The smallest absolute Gasteiger partial charge is 0.255 e. The number of pyridine rings is 1. The Morgan fingerprint density at radius 3 is 3.03 bits per heavy atom. The molecule has 2 aromatic heterocycles. The van der Waals surface area contributed by atoms with Crippen molar-refractivity contribution >= 4 is 34.7 Å². The van der Waals surface area contributed by atoms with Crippen LogP contribution in [0.2, 0.25) is 0 Å². The molecule has 2 aliphatic rings. The van der Waals surface area contributed by atoms with Crippen molar-refractivity contribution in [1.29, 1.82) is 0 Å². The molecule has 29 heavy (non-hydrogen) atoms. The van der Waals surface area contributed by atoms with Gasteiger partial charge in [0.25, 0.3) is 5.91 Å². The van der Waals surface area contributed by atoms with Crippen molar-refractivity contribution in [3.8, 4) is 0 Å². The highest BCUT2D eigenvalue weighted by atomic mass is 32.1. The van der Waals surface area contributed by atoms with E-state index in [1.807, 2.05) is 12.3 Å². The molecule has 1 fully saturated rings. The van der Waals surface area contributed by atoms with Gasteiger partial charge in [-0.3, -0.25) is 9.59 Å². The quantitative estimate of drug-likeness (QED) is 0.780. The average molecular weight is 416 g/mol. The van der Waals surface area contributed by atoms with Crippen molar-refractivity contribution in [3.63, 3.8) is 0 Å². The molecule has 4 rings (SSSR count). The number of anilines is 2. The normalized spacial score (nSPS) is 18.9. The van der Waals surface area contributed by atoms with Crippen molar-refractivity contribution in [2.45, 2.75) is 38.8 Å². The SMILES string of the molecule is CCN(CC1CCCCO1)C(=O)c1cnc2c(c1)N(Cc1cscn1)C(=O)CN2. The summed E-state index contributed by atoms with van der Waals surface area (Å²) in [5, 5.41) is 4.95. The Bertz CT molecular complexity index is 867. The van der Waals surface area contributed by atoms with Crippen LogP contribution < -0.4 is 10.2 Å². The van der Waals surface area contributed by atoms with Gasteiger partial charge in [-0.1, -0.05) is 0 Å². The van der Waals surface area contributed by atoms with Crippen LogP contribution in [0.3, 0.4) is 0 Å². The molecule has 154 valence electrons. The minimum atomic E-state index is -0.0939. The number of carbonyl (C=O) groups excluding carboxylic acids is 2. The topological polar surface area (TPSA) is 87.7 Å². The number of hydrogen-bond donors (Lipinski definition) is 1. The Balaban J connectivity index is 1.56. The van der Waals surface area contributed by atoms with E-state index in [4.69, 9.17) is 4.74 Å². The summed E-state index contributed by atoms with van der Waals surface area (Å²) in [5.41, 5.74) is 3.65. The van der Waals surface area contributed by atoms with Gasteiger partial charge in [0.2, 0.25) is 5.91 Å². The minimum Gasteiger partial charge on any atom is -0.376 e. The highest BCUT2D eigenvalue weighted by Crippen LogP contribution is 2.30. The Morgan fingerprint density at radius 2 is 2.31 bits per heavy atom. The number of fused-ring (bicyclic) bond motifs is 1. The van der Waals surface area contributed by atoms with E-state index in [-0.39, 0.29) is 24.5 Å². The van der Waals surface area contributed by atoms with Crippen molar-refractivity contribution in [3.05, 3.63) is 34.4 Å². The van der Waals surface area contributed by atoms with E-state index in [2.05, 4.69) is 15.3 Å². The molecule has 4 heterocycles. The van der Waals surface area contributed by atoms with E-state index >= 15 is 0 Å². The van der Waals surface area contributed by atoms with Crippen LogP contribution in [-0.4, -0.2) is 59.0 Å². The van der Waals surface area contributed by atoms with E-state index in [0.29, 0.717) is 36.7 Å². The number of nitrogens with one attached hydrogen (secondary N) is 1. The zero-order valence-electron chi connectivity index (χ0n) is 16.5. The standard InChI is InChI=1S/C20H25N5O3S/c1-2-24(11-16-5-3-4-6-28-16)20(27)14-7-17-19(21-8-14)22-9-18(26)25(17)10-15-12-29-13-23-15/h7-8,12-13,16H,2-6,9-11H2,1H3,(H,21,22). The number of ether oxygens (including phenoxy) is 1. The first-order valence-corrected chi connectivity index (χ1v) is 10.9. The lowest BCUT2D eigenvalue weighted by atomic mass is 10.1. The molecule has 2 amide bonds. The van der Waals surface area contributed by atoms with Gasteiger partial charge in [0.1, 0.15) is 0 Å². The minimum absolute atomic E-state index is 0.0696. The second-order valence-corrected chi connectivity index (χ2v) is 7.96. The zero-order chi connectivity index (χ0) is 20.2. The largest absolute Gasteiger partial charge is 0.376 e. The third-order valence-corrected chi connectivity index (χ3v) is 5.92. The summed E-state index contributed by atoms with van der Waals surface area (Å²) < 4.78 is 5.80. The van der Waals surface area contributed by atoms with Gasteiger partial charge in [0.05, 0.1) is 41.6 Å². The molecule has 0 spiro atoms. The maximum absolute atomic E-state index is 13.1. The molecule has 8 nitrogen and oxygen atoms in total. The molecular formula is C20H25N5O3S. The zero-order valence-corrected chi connectivity index (χ0v) is 17.3. The number of rotatable bonds is 6. The molecule has 0 radical (unpaired) electrons. The van der Waals surface area contributed by atoms with E-state index in [1.54, 1.807) is 27.6 Å². The van der Waals surface area contributed by atoms with Gasteiger partial charge in [-0.2, -0.15) is 0 Å². The highest BCUT2D eigenvalue weighted by molar-refractivity contribution is 7.07. The summed E-state index contributed by atoms with van der Waals surface area (Å²) in [6.07, 6.45) is 4.86. The lowest BCUT2D eigenvalue weighted by Gasteiger charge is -2.31. The third-order valence-electron chi connectivity index (χ3n) is 5.28. The predicted octanol–water partition coefficient (Wildman–Crippen LogP) is 2.53. The molecule has 1 atom stereocenters. The molecule has 1 unspecified atom stereocenters. The fourth-order valence-corrected chi connectivity index (χ4v) is 4.24. The number of likely N-dealkylation sites (N-methyl/N-ethyl adjacent to an activating group) is 1. The Kier molecular flexibility index (Phi) is 6.05. The fourth-order valence-electron chi connectivity index (χ4n) is 3.69. The molecular weight excluding hydrogens is 390 g/mol. The fraction of sp³-hybridized carbons (Fsp3) is 0.500. The van der Waals surface area contributed by atoms with Crippen LogP contribution in [0.25, 0.3) is 0 Å². The molecule has 0 saturated carbocycles. The molecule has 1 N–H and O–H groups in total. The van der Waals surface area contributed by atoms with E-state index < -0.39 is 0 Å². The Hall–Kier alpha value is -2.52. The van der Waals surface area contributed by atoms with Gasteiger partial charge in [-0.25, -0.2) is 9.97 Å². The van der Waals surface area contributed by atoms with Crippen LogP contribution in [0.15, 0.2) is 23.2 Å². The van der Waals surface area contributed by atoms with E-state index in [9.17, 15) is 9.59 Å². The summed E-state index contributed by atoms with van der Waals surface area (Å²) in [6.45, 7) is 4.44. The number of thiazole rings is 1. The first-order valence-electron chi connectivity index (χ1n) is 9.98. The van der Waals surface area contributed by atoms with Crippen LogP contribution in [0.5, 0.6) is 0 Å². The van der Waals surface area contributed by atoms with Crippen molar-refractivity contribution in [2.75, 3.05) is 36.5 Å². The second-order valence-electron chi connectivity index (χ2n) is 7.24. The maximum Gasteiger partial charge on any atom is 0.255 e. The summed E-state index contributed by atoms with van der Waals surface area (Å²) in [7, 11) is 0. The van der Waals surface area contributed by atoms with Gasteiger partial charge in [0, 0.05) is 31.3 Å². The monoisotopic (exact) mass is 415 g/mol. The number of amides is 2.